The lowest BCUT2D eigenvalue weighted by molar-refractivity contribution is 0.311. The Labute approximate surface area is 290 Å². The molecule has 0 unspecified atom stereocenters. The van der Waals surface area contributed by atoms with Crippen molar-refractivity contribution in [3.63, 3.8) is 0 Å². The topological polar surface area (TPSA) is 112 Å². The number of benzene rings is 2. The summed E-state index contributed by atoms with van der Waals surface area (Å²) >= 11 is 6.89. The molecule has 0 bridgehead atoms. The number of aromatic nitrogens is 2. The molecular formula is C33H40ClF2N7O3S2. The van der Waals surface area contributed by atoms with Gasteiger partial charge < -0.3 is 14.5 Å². The van der Waals surface area contributed by atoms with E-state index in [4.69, 9.17) is 26.3 Å². The molecule has 0 atom stereocenters. The van der Waals surface area contributed by atoms with Gasteiger partial charge in [0.05, 0.1) is 26.7 Å². The number of ether oxygens (including phenoxy) is 1. The van der Waals surface area contributed by atoms with Crippen LogP contribution < -0.4 is 15.1 Å². The fourth-order valence-electron chi connectivity index (χ4n) is 5.71. The lowest BCUT2D eigenvalue weighted by Crippen LogP contribution is -2.35. The summed E-state index contributed by atoms with van der Waals surface area (Å²) in [6.07, 6.45) is 3.61. The minimum Gasteiger partial charge on any atom is -0.490 e. The van der Waals surface area contributed by atoms with Crippen molar-refractivity contribution in [2.24, 2.45) is 16.0 Å². The molecule has 10 nitrogen and oxygen atoms in total. The van der Waals surface area contributed by atoms with Gasteiger partial charge in [0.25, 0.3) is 0 Å². The maximum absolute atomic E-state index is 15.7. The predicted molar refractivity (Wildman–Crippen MR) is 187 cm³/mol. The van der Waals surface area contributed by atoms with Gasteiger partial charge in [0.2, 0.25) is 11.6 Å². The van der Waals surface area contributed by atoms with Crippen molar-refractivity contribution < 1.29 is 21.9 Å². The van der Waals surface area contributed by atoms with Crippen molar-refractivity contribution >= 4 is 56.4 Å². The number of halogens is 3. The molecule has 15 heteroatoms. The van der Waals surface area contributed by atoms with E-state index in [1.165, 1.54) is 44.2 Å². The summed E-state index contributed by atoms with van der Waals surface area (Å²) < 4.78 is 62.1. The van der Waals surface area contributed by atoms with Crippen LogP contribution in [0.2, 0.25) is 5.02 Å². The number of piperidine rings is 1. The molecule has 3 aromatic rings. The van der Waals surface area contributed by atoms with E-state index in [1.54, 1.807) is 7.11 Å². The summed E-state index contributed by atoms with van der Waals surface area (Å²) in [6, 6.07) is 7.78. The number of hydrogen-bond acceptors (Lipinski definition) is 10. The molecule has 3 heterocycles. The van der Waals surface area contributed by atoms with Gasteiger partial charge in [-0.2, -0.15) is 10.1 Å². The first-order chi connectivity index (χ1) is 22.7. The third-order valence-corrected chi connectivity index (χ3v) is 12.3. The number of nitrogens with one attached hydrogen (secondary N) is 1. The first kappa shape index (κ1) is 36.0. The van der Waals surface area contributed by atoms with E-state index in [9.17, 15) is 12.8 Å². The van der Waals surface area contributed by atoms with Crippen LogP contribution in [0.3, 0.4) is 0 Å². The molecule has 1 fully saturated rings. The lowest BCUT2D eigenvalue weighted by atomic mass is 9.93. The van der Waals surface area contributed by atoms with Gasteiger partial charge in [-0.25, -0.2) is 27.2 Å². The van der Waals surface area contributed by atoms with Crippen LogP contribution in [0.15, 0.2) is 61.4 Å². The Hall–Kier alpha value is -3.33. The van der Waals surface area contributed by atoms with Crippen LogP contribution in [0.4, 0.5) is 20.4 Å². The summed E-state index contributed by atoms with van der Waals surface area (Å²) in [4.78, 5) is 18.3. The van der Waals surface area contributed by atoms with Gasteiger partial charge in [-0.15, -0.1) is 0 Å². The van der Waals surface area contributed by atoms with Crippen LogP contribution in [-0.2, 0) is 14.6 Å². The van der Waals surface area contributed by atoms with Crippen LogP contribution in [0, 0.1) is 17.6 Å². The van der Waals surface area contributed by atoms with Crippen LogP contribution in [0.1, 0.15) is 52.0 Å². The molecule has 1 aromatic heterocycles. The zero-order chi connectivity index (χ0) is 34.8. The number of amidine groups is 1. The van der Waals surface area contributed by atoms with E-state index in [0.717, 1.165) is 62.4 Å². The highest BCUT2D eigenvalue weighted by Crippen LogP contribution is 2.42. The van der Waals surface area contributed by atoms with E-state index in [2.05, 4.69) is 39.4 Å². The predicted octanol–water partition coefficient (Wildman–Crippen LogP) is 6.84. The minimum absolute atomic E-state index is 0.107. The molecule has 2 aliphatic rings. The largest absolute Gasteiger partial charge is 0.490 e. The summed E-state index contributed by atoms with van der Waals surface area (Å²) in [5, 5.41) is 4.22. The molecule has 0 spiro atoms. The quantitative estimate of drug-likeness (QED) is 0.213. The van der Waals surface area contributed by atoms with Gasteiger partial charge >= 0.3 is 0 Å². The molecule has 2 aromatic carbocycles. The van der Waals surface area contributed by atoms with Crippen LogP contribution >= 0.6 is 23.4 Å². The van der Waals surface area contributed by atoms with Gasteiger partial charge in [-0.05, 0) is 103 Å². The fraction of sp³-hybridized carbons (Fsp3) is 0.455. The maximum Gasteiger partial charge on any atom is 0.206 e. The van der Waals surface area contributed by atoms with Crippen LogP contribution in [-0.4, -0.2) is 75.7 Å². The van der Waals surface area contributed by atoms with Crippen LogP contribution in [0.25, 0.3) is 0 Å². The molecule has 258 valence electrons. The SMILES string of the molecule is COc1c(N=C2CC(C)=NN2)nc(Sc2ccc(S(=O)(=O)C(C)(C)c3cccc(Cl)c3F)cc2F)nc1N1CCC(CCN(C)C)CC1. The second-order valence-electron chi connectivity index (χ2n) is 12.7. The Morgan fingerprint density at radius 2 is 1.90 bits per heavy atom. The van der Waals surface area contributed by atoms with Crippen LogP contribution in [0.5, 0.6) is 5.75 Å². The Balaban J connectivity index is 1.46. The first-order valence-electron chi connectivity index (χ1n) is 15.6. The summed E-state index contributed by atoms with van der Waals surface area (Å²) in [5.74, 6) is 0.797. The molecule has 5 rings (SSSR count). The molecule has 0 aliphatic carbocycles. The third kappa shape index (κ3) is 7.61. The summed E-state index contributed by atoms with van der Waals surface area (Å²) in [6.45, 7) is 7.17. The van der Waals surface area contributed by atoms with Gasteiger partial charge in [0.15, 0.2) is 20.8 Å². The monoisotopic (exact) mass is 719 g/mol. The second-order valence-corrected chi connectivity index (χ2v) is 16.6. The molecule has 2 aliphatic heterocycles. The highest BCUT2D eigenvalue weighted by Gasteiger charge is 2.40. The third-order valence-electron chi connectivity index (χ3n) is 8.64. The maximum atomic E-state index is 15.7. The number of hydrazone groups is 1. The van der Waals surface area contributed by atoms with Crippen molar-refractivity contribution in [2.75, 3.05) is 45.7 Å². The zero-order valence-electron chi connectivity index (χ0n) is 27.8. The Bertz CT molecular complexity index is 1850. The first-order valence-corrected chi connectivity index (χ1v) is 18.3. The van der Waals surface area contributed by atoms with Gasteiger partial charge in [-0.3, -0.25) is 5.43 Å². The van der Waals surface area contributed by atoms with E-state index in [1.807, 2.05) is 6.92 Å². The van der Waals surface area contributed by atoms with Gasteiger partial charge in [0.1, 0.15) is 17.5 Å². The number of aliphatic imine (C=N–C) groups is 1. The highest BCUT2D eigenvalue weighted by atomic mass is 35.5. The molecule has 0 radical (unpaired) electrons. The van der Waals surface area contributed by atoms with Crippen molar-refractivity contribution in [3.05, 3.63) is 58.6 Å². The second kappa shape index (κ2) is 14.7. The van der Waals surface area contributed by atoms with Gasteiger partial charge in [0, 0.05) is 30.8 Å². The molecule has 1 N–H and O–H groups in total. The number of sulfone groups is 1. The Kier molecular flexibility index (Phi) is 11.0. The number of hydrogen-bond donors (Lipinski definition) is 1. The standard InChI is InChI=1S/C33H40ClF2N7O3S2/c1-20-18-27(41-40-20)37-30-29(46-6)31(43-16-13-21(14-17-43)12-15-42(4)5)39-32(38-30)47-26-11-10-22(19-25(26)35)48(44,45)33(2,3)23-8-7-9-24(34)28(23)36/h7-11,19,21H,12-18H2,1-6H3,(H,37,38,39,41). The van der Waals surface area contributed by atoms with Crippen molar-refractivity contribution in [3.8, 4) is 5.75 Å². The lowest BCUT2D eigenvalue weighted by Gasteiger charge is -2.34. The van der Waals surface area contributed by atoms with Crippen molar-refractivity contribution in [1.29, 1.82) is 0 Å². The van der Waals surface area contributed by atoms with Crippen molar-refractivity contribution in [2.45, 2.75) is 66.1 Å². The summed E-state index contributed by atoms with van der Waals surface area (Å²) in [5.41, 5.74) is 3.67. The fourth-order valence-corrected chi connectivity index (χ4v) is 8.18. The number of anilines is 1. The number of rotatable bonds is 11. The normalized spacial score (nSPS) is 16.8. The van der Waals surface area contributed by atoms with E-state index < -0.39 is 26.2 Å². The Morgan fingerprint density at radius 1 is 1.17 bits per heavy atom. The molecular weight excluding hydrogens is 680 g/mol. The highest BCUT2D eigenvalue weighted by molar-refractivity contribution is 7.99. The number of methoxy groups -OCH3 is 1. The van der Waals surface area contributed by atoms with E-state index in [-0.39, 0.29) is 31.4 Å². The Morgan fingerprint density at radius 3 is 2.52 bits per heavy atom. The zero-order valence-corrected chi connectivity index (χ0v) is 30.2. The minimum atomic E-state index is -4.25. The van der Waals surface area contributed by atoms with Crippen molar-refractivity contribution in [1.82, 2.24) is 20.3 Å². The van der Waals surface area contributed by atoms with E-state index in [0.29, 0.717) is 29.7 Å². The van der Waals surface area contributed by atoms with E-state index >= 15 is 4.39 Å². The molecule has 1 saturated heterocycles. The van der Waals surface area contributed by atoms with Gasteiger partial charge in [-0.1, -0.05) is 23.7 Å². The molecule has 0 saturated carbocycles. The average molecular weight is 720 g/mol. The number of nitrogens with zero attached hydrogens (tertiary/aromatic N) is 6. The molecule has 48 heavy (non-hydrogen) atoms. The molecule has 0 amide bonds. The smallest absolute Gasteiger partial charge is 0.206 e. The summed E-state index contributed by atoms with van der Waals surface area (Å²) in [7, 11) is 1.44. The average Bonchev–Trinajstić information content (AvgIpc) is 3.46.